The monoisotopic (exact) mass is 241 g/mol. The summed E-state index contributed by atoms with van der Waals surface area (Å²) in [5.74, 6) is 1.37. The molecule has 0 atom stereocenters. The maximum absolute atomic E-state index is 12.0. The molecule has 18 heavy (non-hydrogen) atoms. The Bertz CT molecular complexity index is 646. The van der Waals surface area contributed by atoms with Crippen molar-refractivity contribution in [1.82, 2.24) is 9.97 Å². The van der Waals surface area contributed by atoms with Crippen LogP contribution < -0.4 is 10.9 Å². The molecule has 2 heterocycles. The highest BCUT2D eigenvalue weighted by molar-refractivity contribution is 5.59. The molecule has 2 N–H and O–H groups in total. The van der Waals surface area contributed by atoms with Crippen LogP contribution >= 0.6 is 0 Å². The summed E-state index contributed by atoms with van der Waals surface area (Å²) < 4.78 is 0. The van der Waals surface area contributed by atoms with Crippen LogP contribution in [0.25, 0.3) is 11.4 Å². The minimum Gasteiger partial charge on any atom is -0.370 e. The van der Waals surface area contributed by atoms with Gasteiger partial charge in [0.1, 0.15) is 11.6 Å². The Balaban J connectivity index is 2.14. The molecule has 0 spiro atoms. The number of nitrogens with zero attached hydrogens (tertiary/aromatic N) is 1. The van der Waals surface area contributed by atoms with Gasteiger partial charge in [0.05, 0.1) is 5.56 Å². The zero-order valence-electron chi connectivity index (χ0n) is 10.3. The highest BCUT2D eigenvalue weighted by Crippen LogP contribution is 2.20. The number of aryl methyl sites for hydroxylation is 1. The first-order chi connectivity index (χ1) is 8.74. The second-order valence-corrected chi connectivity index (χ2v) is 4.64. The lowest BCUT2D eigenvalue weighted by Gasteiger charge is -2.16. The lowest BCUT2D eigenvalue weighted by Crippen LogP contribution is -2.24. The van der Waals surface area contributed by atoms with Crippen LogP contribution in [0.1, 0.15) is 17.5 Å². The van der Waals surface area contributed by atoms with E-state index in [1.165, 1.54) is 0 Å². The largest absolute Gasteiger partial charge is 0.370 e. The van der Waals surface area contributed by atoms with E-state index in [2.05, 4.69) is 15.3 Å². The minimum absolute atomic E-state index is 0.0243. The van der Waals surface area contributed by atoms with E-state index in [1.54, 1.807) is 0 Å². The van der Waals surface area contributed by atoms with E-state index in [0.717, 1.165) is 41.9 Å². The maximum Gasteiger partial charge on any atom is 0.256 e. The molecule has 0 amide bonds. The van der Waals surface area contributed by atoms with E-state index in [-0.39, 0.29) is 5.56 Å². The molecule has 1 aromatic carbocycles. The summed E-state index contributed by atoms with van der Waals surface area (Å²) >= 11 is 0. The smallest absolute Gasteiger partial charge is 0.256 e. The van der Waals surface area contributed by atoms with E-state index < -0.39 is 0 Å². The molecular formula is C14H15N3O. The number of anilines is 1. The highest BCUT2D eigenvalue weighted by Gasteiger charge is 2.15. The Labute approximate surface area is 105 Å². The lowest BCUT2D eigenvalue weighted by atomic mass is 10.1. The molecule has 0 radical (unpaired) electrons. The normalized spacial score (nSPS) is 13.8. The van der Waals surface area contributed by atoms with Crippen LogP contribution in [0.4, 0.5) is 5.82 Å². The SMILES string of the molecule is Cc1cccc(-c2nc3c(c(=O)[nH]2)CCCN3)c1. The van der Waals surface area contributed by atoms with Crippen molar-refractivity contribution in [2.45, 2.75) is 19.8 Å². The second-order valence-electron chi connectivity index (χ2n) is 4.64. The van der Waals surface area contributed by atoms with Gasteiger partial charge in [-0.2, -0.15) is 0 Å². The lowest BCUT2D eigenvalue weighted by molar-refractivity contribution is 0.800. The molecule has 0 bridgehead atoms. The molecule has 0 saturated carbocycles. The van der Waals surface area contributed by atoms with Gasteiger partial charge in [-0.05, 0) is 25.8 Å². The van der Waals surface area contributed by atoms with E-state index in [9.17, 15) is 4.79 Å². The van der Waals surface area contributed by atoms with Gasteiger partial charge in [0.2, 0.25) is 0 Å². The molecule has 1 aromatic heterocycles. The van der Waals surface area contributed by atoms with Crippen LogP contribution in [0.15, 0.2) is 29.1 Å². The fourth-order valence-electron chi connectivity index (χ4n) is 2.28. The number of benzene rings is 1. The topological polar surface area (TPSA) is 57.8 Å². The summed E-state index contributed by atoms with van der Waals surface area (Å²) in [7, 11) is 0. The van der Waals surface area contributed by atoms with E-state index in [4.69, 9.17) is 0 Å². The summed E-state index contributed by atoms with van der Waals surface area (Å²) in [5.41, 5.74) is 2.85. The maximum atomic E-state index is 12.0. The average Bonchev–Trinajstić information content (AvgIpc) is 2.39. The molecule has 1 aliphatic heterocycles. The second kappa shape index (κ2) is 4.29. The molecule has 4 heteroatoms. The number of rotatable bonds is 1. The Hall–Kier alpha value is -2.10. The van der Waals surface area contributed by atoms with Gasteiger partial charge in [0.25, 0.3) is 5.56 Å². The van der Waals surface area contributed by atoms with E-state index >= 15 is 0 Å². The number of aromatic amines is 1. The Morgan fingerprint density at radius 1 is 1.33 bits per heavy atom. The summed E-state index contributed by atoms with van der Waals surface area (Å²) in [5, 5.41) is 3.20. The fourth-order valence-corrected chi connectivity index (χ4v) is 2.28. The fraction of sp³-hybridized carbons (Fsp3) is 0.286. The zero-order valence-corrected chi connectivity index (χ0v) is 10.3. The molecule has 0 fully saturated rings. The van der Waals surface area contributed by atoms with Gasteiger partial charge in [0.15, 0.2) is 0 Å². The quantitative estimate of drug-likeness (QED) is 0.804. The van der Waals surface area contributed by atoms with Crippen LogP contribution in [0.3, 0.4) is 0 Å². The van der Waals surface area contributed by atoms with Gasteiger partial charge < -0.3 is 10.3 Å². The van der Waals surface area contributed by atoms with Gasteiger partial charge in [-0.1, -0.05) is 23.8 Å². The first-order valence-corrected chi connectivity index (χ1v) is 6.18. The molecule has 2 aromatic rings. The van der Waals surface area contributed by atoms with Gasteiger partial charge in [0, 0.05) is 12.1 Å². The van der Waals surface area contributed by atoms with Crippen molar-refractivity contribution in [2.24, 2.45) is 0 Å². The number of hydrogen-bond donors (Lipinski definition) is 2. The van der Waals surface area contributed by atoms with Crippen molar-refractivity contribution in [1.29, 1.82) is 0 Å². The Kier molecular flexibility index (Phi) is 2.63. The number of fused-ring (bicyclic) bond motifs is 1. The van der Waals surface area contributed by atoms with Crippen molar-refractivity contribution < 1.29 is 0 Å². The van der Waals surface area contributed by atoms with Crippen molar-refractivity contribution >= 4 is 5.82 Å². The first kappa shape index (κ1) is 11.0. The third kappa shape index (κ3) is 1.90. The summed E-state index contributed by atoms with van der Waals surface area (Å²) in [6.45, 7) is 2.91. The average molecular weight is 241 g/mol. The molecule has 1 aliphatic rings. The minimum atomic E-state index is -0.0243. The van der Waals surface area contributed by atoms with E-state index in [0.29, 0.717) is 5.82 Å². The number of hydrogen-bond acceptors (Lipinski definition) is 3. The van der Waals surface area contributed by atoms with E-state index in [1.807, 2.05) is 31.2 Å². The molecule has 3 rings (SSSR count). The van der Waals surface area contributed by atoms with Crippen LogP contribution in [-0.4, -0.2) is 16.5 Å². The number of H-pyrrole nitrogens is 1. The van der Waals surface area contributed by atoms with Crippen LogP contribution in [0.2, 0.25) is 0 Å². The van der Waals surface area contributed by atoms with Crippen molar-refractivity contribution in [3.05, 3.63) is 45.7 Å². The first-order valence-electron chi connectivity index (χ1n) is 6.18. The predicted octanol–water partition coefficient (Wildman–Crippen LogP) is 2.10. The molecule has 0 aliphatic carbocycles. The highest BCUT2D eigenvalue weighted by atomic mass is 16.1. The van der Waals surface area contributed by atoms with Gasteiger partial charge in [-0.3, -0.25) is 4.79 Å². The molecular weight excluding hydrogens is 226 g/mol. The summed E-state index contributed by atoms with van der Waals surface area (Å²) in [6, 6.07) is 7.98. The molecule has 4 nitrogen and oxygen atoms in total. The van der Waals surface area contributed by atoms with Crippen molar-refractivity contribution in [2.75, 3.05) is 11.9 Å². The Morgan fingerprint density at radius 3 is 3.06 bits per heavy atom. The standard InChI is InChI=1S/C14H15N3O/c1-9-4-2-5-10(8-9)12-16-13-11(14(18)17-12)6-3-7-15-13/h2,4-5,8H,3,6-7H2,1H3,(H2,15,16,17,18). The van der Waals surface area contributed by atoms with Crippen LogP contribution in [0.5, 0.6) is 0 Å². The van der Waals surface area contributed by atoms with Crippen LogP contribution in [0, 0.1) is 6.92 Å². The van der Waals surface area contributed by atoms with Crippen LogP contribution in [-0.2, 0) is 6.42 Å². The van der Waals surface area contributed by atoms with Gasteiger partial charge >= 0.3 is 0 Å². The molecule has 0 unspecified atom stereocenters. The predicted molar refractivity (Wildman–Crippen MR) is 71.8 cm³/mol. The third-order valence-electron chi connectivity index (χ3n) is 3.20. The van der Waals surface area contributed by atoms with Crippen molar-refractivity contribution in [3.8, 4) is 11.4 Å². The summed E-state index contributed by atoms with van der Waals surface area (Å²) in [4.78, 5) is 19.4. The molecule has 92 valence electrons. The zero-order chi connectivity index (χ0) is 12.5. The number of aromatic nitrogens is 2. The third-order valence-corrected chi connectivity index (χ3v) is 3.20. The Morgan fingerprint density at radius 2 is 2.22 bits per heavy atom. The van der Waals surface area contributed by atoms with Crippen molar-refractivity contribution in [3.63, 3.8) is 0 Å². The molecule has 0 saturated heterocycles. The van der Waals surface area contributed by atoms with Gasteiger partial charge in [-0.15, -0.1) is 0 Å². The number of nitrogens with one attached hydrogen (secondary N) is 2. The van der Waals surface area contributed by atoms with Gasteiger partial charge in [-0.25, -0.2) is 4.98 Å². The summed E-state index contributed by atoms with van der Waals surface area (Å²) in [6.07, 6.45) is 1.79.